The van der Waals surface area contributed by atoms with Crippen LogP contribution in [0.2, 0.25) is 0 Å². The maximum atomic E-state index is 12.1. The van der Waals surface area contributed by atoms with Gasteiger partial charge in [0.25, 0.3) is 0 Å². The van der Waals surface area contributed by atoms with Crippen LogP contribution in [0.5, 0.6) is 0 Å². The van der Waals surface area contributed by atoms with Crippen LogP contribution >= 0.6 is 0 Å². The van der Waals surface area contributed by atoms with E-state index in [2.05, 4.69) is 15.2 Å². The summed E-state index contributed by atoms with van der Waals surface area (Å²) in [5.74, 6) is 0. The minimum Gasteiger partial charge on any atom is -0.444 e. The van der Waals surface area contributed by atoms with Crippen molar-refractivity contribution in [2.45, 2.75) is 51.0 Å². The fourth-order valence-corrected chi connectivity index (χ4v) is 2.10. The molecule has 26 heavy (non-hydrogen) atoms. The number of carbonyl (C=O) groups excluding carboxylic acids is 1. The van der Waals surface area contributed by atoms with Crippen LogP contribution in [0.15, 0.2) is 35.3 Å². The Labute approximate surface area is 154 Å². The molecule has 7 nitrogen and oxygen atoms in total. The summed E-state index contributed by atoms with van der Waals surface area (Å²) in [5, 5.41) is 21.8. The van der Waals surface area contributed by atoms with E-state index >= 15 is 0 Å². The van der Waals surface area contributed by atoms with E-state index in [0.29, 0.717) is 6.42 Å². The van der Waals surface area contributed by atoms with Gasteiger partial charge in [0, 0.05) is 0 Å². The van der Waals surface area contributed by atoms with Gasteiger partial charge >= 0.3 is 12.1 Å². The number of hydrogen-bond donors (Lipinski definition) is 2. The molecule has 0 heterocycles. The Bertz CT molecular complexity index is 669. The minimum atomic E-state index is -0.996. The van der Waals surface area contributed by atoms with E-state index in [1.165, 1.54) is 6.21 Å². The predicted octanol–water partition coefficient (Wildman–Crippen LogP) is 2.37. The molecule has 1 rings (SSSR count). The van der Waals surface area contributed by atoms with Crippen LogP contribution in [0.25, 0.3) is 4.85 Å². The van der Waals surface area contributed by atoms with Crippen LogP contribution < -0.4 is 5.32 Å². The molecule has 1 aromatic rings. The Morgan fingerprint density at radius 2 is 2.12 bits per heavy atom. The van der Waals surface area contributed by atoms with Crippen molar-refractivity contribution in [3.8, 4) is 6.07 Å². The minimum absolute atomic E-state index is 0.0407. The van der Waals surface area contributed by atoms with E-state index < -0.39 is 29.9 Å². The number of rotatable bonds is 7. The monoisotopic (exact) mass is 356 g/mol. The molecule has 0 aliphatic rings. The highest BCUT2D eigenvalue weighted by atomic mass is 16.6. The van der Waals surface area contributed by atoms with Gasteiger partial charge in [0.1, 0.15) is 5.60 Å². The summed E-state index contributed by atoms with van der Waals surface area (Å²) in [4.78, 5) is 19.1. The van der Waals surface area contributed by atoms with E-state index in [-0.39, 0.29) is 6.54 Å². The normalized spacial score (nSPS) is 14.7. The van der Waals surface area contributed by atoms with Gasteiger partial charge in [-0.1, -0.05) is 30.3 Å². The Kier molecular flexibility index (Phi) is 8.27. The third-order valence-electron chi connectivity index (χ3n) is 3.28. The number of ether oxygens (including phenoxy) is 1. The molecular formula is C19H24N4O3. The number of nitrogens with one attached hydrogen (secondary N) is 1. The molecule has 138 valence electrons. The topological polar surface area (TPSA) is 99.1 Å². The van der Waals surface area contributed by atoms with Crippen molar-refractivity contribution in [1.29, 1.82) is 5.26 Å². The number of carbonyl (C=O) groups is 1. The molecule has 0 spiro atoms. The maximum absolute atomic E-state index is 12.1. The SMILES string of the molecule is [C-]#[N+]C(C#N)C=NCC(O)[C@H](Cc1ccccc1)NC(=O)OC(C)(C)C. The first-order valence-corrected chi connectivity index (χ1v) is 8.23. The van der Waals surface area contributed by atoms with Gasteiger partial charge in [-0.3, -0.25) is 9.84 Å². The number of benzene rings is 1. The van der Waals surface area contributed by atoms with Crippen molar-refractivity contribution in [2.24, 2.45) is 4.99 Å². The number of hydrogen-bond acceptors (Lipinski definition) is 5. The molecule has 1 amide bonds. The van der Waals surface area contributed by atoms with Gasteiger partial charge in [-0.05, 0) is 32.8 Å². The fourth-order valence-electron chi connectivity index (χ4n) is 2.10. The fraction of sp³-hybridized carbons (Fsp3) is 0.474. The first-order valence-electron chi connectivity index (χ1n) is 8.23. The summed E-state index contributed by atoms with van der Waals surface area (Å²) in [6.07, 6.45) is -0.0357. The molecule has 3 atom stereocenters. The standard InChI is InChI=1S/C19H24N4O3/c1-19(2,3)26-18(25)23-16(10-14-8-6-5-7-9-14)17(24)13-22-12-15(11-20)21-4/h5-9,12,15-17,24H,10,13H2,1-3H3,(H,23,25)/t15?,16-,17?/m0/s1. The average molecular weight is 356 g/mol. The second-order valence-corrected chi connectivity index (χ2v) is 6.73. The zero-order chi connectivity index (χ0) is 19.6. The van der Waals surface area contributed by atoms with Crippen LogP contribution in [-0.2, 0) is 11.2 Å². The Morgan fingerprint density at radius 1 is 1.46 bits per heavy atom. The van der Waals surface area contributed by atoms with Crippen LogP contribution in [0.3, 0.4) is 0 Å². The van der Waals surface area contributed by atoms with Crippen molar-refractivity contribution >= 4 is 12.3 Å². The zero-order valence-electron chi connectivity index (χ0n) is 15.2. The number of amides is 1. The van der Waals surface area contributed by atoms with E-state index in [9.17, 15) is 9.90 Å². The highest BCUT2D eigenvalue weighted by Crippen LogP contribution is 2.10. The van der Waals surface area contributed by atoms with Gasteiger partial charge in [0.2, 0.25) is 0 Å². The molecule has 0 saturated heterocycles. The lowest BCUT2D eigenvalue weighted by molar-refractivity contribution is 0.0430. The molecule has 2 N–H and O–H groups in total. The number of aliphatic hydroxyl groups excluding tert-OH is 1. The summed E-state index contributed by atoms with van der Waals surface area (Å²) >= 11 is 0. The first kappa shape index (κ1) is 21.1. The Hall–Kier alpha value is -2.90. The second-order valence-electron chi connectivity index (χ2n) is 6.73. The molecule has 0 saturated carbocycles. The molecule has 2 unspecified atom stereocenters. The van der Waals surface area contributed by atoms with Gasteiger partial charge in [-0.15, -0.1) is 0 Å². The third kappa shape index (κ3) is 8.27. The smallest absolute Gasteiger partial charge is 0.407 e. The van der Waals surface area contributed by atoms with Crippen LogP contribution in [0, 0.1) is 17.9 Å². The number of aliphatic imine (C=N–C) groups is 1. The van der Waals surface area contributed by atoms with Gasteiger partial charge in [0.15, 0.2) is 6.07 Å². The molecule has 0 aliphatic heterocycles. The molecule has 0 fully saturated rings. The summed E-state index contributed by atoms with van der Waals surface area (Å²) in [6, 6.07) is 9.59. The van der Waals surface area contributed by atoms with Crippen molar-refractivity contribution in [3.63, 3.8) is 0 Å². The largest absolute Gasteiger partial charge is 0.444 e. The molecule has 0 aromatic heterocycles. The number of nitrogens with zero attached hydrogens (tertiary/aromatic N) is 3. The lowest BCUT2D eigenvalue weighted by atomic mass is 10.0. The van der Waals surface area contributed by atoms with Crippen LogP contribution in [-0.4, -0.2) is 47.7 Å². The summed E-state index contributed by atoms with van der Waals surface area (Å²) in [5.41, 5.74) is 0.285. The summed E-state index contributed by atoms with van der Waals surface area (Å²) in [6.45, 7) is 12.1. The molecule has 0 aliphatic carbocycles. The van der Waals surface area contributed by atoms with Crippen LogP contribution in [0.4, 0.5) is 4.79 Å². The molecular weight excluding hydrogens is 332 g/mol. The number of aliphatic hydroxyl groups is 1. The average Bonchev–Trinajstić information content (AvgIpc) is 2.57. The van der Waals surface area contributed by atoms with Crippen molar-refractivity contribution < 1.29 is 14.6 Å². The highest BCUT2D eigenvalue weighted by molar-refractivity contribution is 5.70. The summed E-state index contributed by atoms with van der Waals surface area (Å²) < 4.78 is 5.25. The highest BCUT2D eigenvalue weighted by Gasteiger charge is 2.25. The number of nitriles is 1. The van der Waals surface area contributed by atoms with Gasteiger partial charge in [-0.2, -0.15) is 5.26 Å². The van der Waals surface area contributed by atoms with E-state index in [0.717, 1.165) is 5.56 Å². The Balaban J connectivity index is 2.80. The molecule has 7 heteroatoms. The lowest BCUT2D eigenvalue weighted by Crippen LogP contribution is -2.47. The predicted molar refractivity (Wildman–Crippen MR) is 98.7 cm³/mol. The zero-order valence-corrected chi connectivity index (χ0v) is 15.2. The van der Waals surface area contributed by atoms with Crippen molar-refractivity contribution in [1.82, 2.24) is 5.32 Å². The lowest BCUT2D eigenvalue weighted by Gasteiger charge is -2.26. The molecule has 1 aromatic carbocycles. The third-order valence-corrected chi connectivity index (χ3v) is 3.28. The van der Waals surface area contributed by atoms with E-state index in [1.54, 1.807) is 26.8 Å². The molecule has 0 bridgehead atoms. The second kappa shape index (κ2) is 10.2. The van der Waals surface area contributed by atoms with Crippen molar-refractivity contribution in [3.05, 3.63) is 47.3 Å². The number of alkyl carbamates (subject to hydrolysis) is 1. The van der Waals surface area contributed by atoms with E-state index in [1.807, 2.05) is 30.3 Å². The van der Waals surface area contributed by atoms with E-state index in [4.69, 9.17) is 16.6 Å². The van der Waals surface area contributed by atoms with Gasteiger partial charge < -0.3 is 15.2 Å². The van der Waals surface area contributed by atoms with Gasteiger partial charge in [0.05, 0.1) is 24.9 Å². The quantitative estimate of drug-likeness (QED) is 0.579. The Morgan fingerprint density at radius 3 is 2.65 bits per heavy atom. The van der Waals surface area contributed by atoms with Crippen molar-refractivity contribution in [2.75, 3.05) is 6.54 Å². The van der Waals surface area contributed by atoms with Crippen LogP contribution in [0.1, 0.15) is 26.3 Å². The molecule has 0 radical (unpaired) electrons. The first-order chi connectivity index (χ1) is 12.2. The maximum Gasteiger partial charge on any atom is 0.407 e. The summed E-state index contributed by atoms with van der Waals surface area (Å²) in [7, 11) is 0. The van der Waals surface area contributed by atoms with Gasteiger partial charge in [-0.25, -0.2) is 11.4 Å².